The van der Waals surface area contributed by atoms with Gasteiger partial charge in [-0.25, -0.2) is 4.39 Å². The molecule has 0 amide bonds. The molecule has 0 spiro atoms. The van der Waals surface area contributed by atoms with Crippen molar-refractivity contribution in [1.29, 1.82) is 0 Å². The third kappa shape index (κ3) is 4.36. The van der Waals surface area contributed by atoms with Gasteiger partial charge >= 0.3 is 0 Å². The smallest absolute Gasteiger partial charge is 0.277 e. The first kappa shape index (κ1) is 19.5. The Hall–Kier alpha value is -2.26. The molecule has 1 aromatic heterocycles. The number of rotatable bonds is 7. The SMILES string of the molecule is COc1cc(-c2nnc(SCc3ccc(Br)cc3F)o2)cc(OC)c1OC. The van der Waals surface area contributed by atoms with Crippen molar-refractivity contribution in [2.45, 2.75) is 11.0 Å². The highest BCUT2D eigenvalue weighted by Gasteiger charge is 2.18. The predicted octanol–water partition coefficient (Wildman–Crippen LogP) is 4.96. The van der Waals surface area contributed by atoms with Crippen LogP contribution >= 0.6 is 27.7 Å². The molecule has 0 fully saturated rings. The second-order valence-corrected chi connectivity index (χ2v) is 7.15. The van der Waals surface area contributed by atoms with E-state index in [1.54, 1.807) is 24.3 Å². The van der Waals surface area contributed by atoms with Crippen molar-refractivity contribution in [3.63, 3.8) is 0 Å². The average Bonchev–Trinajstić information content (AvgIpc) is 3.15. The van der Waals surface area contributed by atoms with E-state index in [2.05, 4.69) is 26.1 Å². The number of nitrogens with zero attached hydrogens (tertiary/aromatic N) is 2. The molecule has 0 radical (unpaired) electrons. The molecule has 2 aromatic carbocycles. The van der Waals surface area contributed by atoms with E-state index in [0.717, 1.165) is 0 Å². The fourth-order valence-electron chi connectivity index (χ4n) is 2.37. The van der Waals surface area contributed by atoms with E-state index in [-0.39, 0.29) is 5.82 Å². The maximum Gasteiger partial charge on any atom is 0.277 e. The molecule has 0 N–H and O–H groups in total. The summed E-state index contributed by atoms with van der Waals surface area (Å²) in [6.45, 7) is 0. The number of thioether (sulfide) groups is 1. The van der Waals surface area contributed by atoms with Crippen LogP contribution in [0.3, 0.4) is 0 Å². The van der Waals surface area contributed by atoms with Crippen molar-refractivity contribution < 1.29 is 23.0 Å². The minimum Gasteiger partial charge on any atom is -0.493 e. The summed E-state index contributed by atoms with van der Waals surface area (Å²) >= 11 is 4.49. The third-order valence-corrected chi connectivity index (χ3v) is 5.04. The number of aromatic nitrogens is 2. The Kier molecular flexibility index (Phi) is 6.22. The molecule has 27 heavy (non-hydrogen) atoms. The maximum atomic E-state index is 13.9. The largest absolute Gasteiger partial charge is 0.493 e. The normalized spacial score (nSPS) is 10.7. The lowest BCUT2D eigenvalue weighted by Gasteiger charge is -2.12. The van der Waals surface area contributed by atoms with Gasteiger partial charge < -0.3 is 18.6 Å². The Morgan fingerprint density at radius 1 is 1.04 bits per heavy atom. The number of hydrogen-bond donors (Lipinski definition) is 0. The molecule has 0 aliphatic rings. The predicted molar refractivity (Wildman–Crippen MR) is 103 cm³/mol. The van der Waals surface area contributed by atoms with E-state index in [0.29, 0.717) is 49.7 Å². The van der Waals surface area contributed by atoms with Crippen LogP contribution in [-0.4, -0.2) is 31.5 Å². The van der Waals surface area contributed by atoms with Crippen molar-refractivity contribution in [3.8, 4) is 28.7 Å². The number of hydrogen-bond acceptors (Lipinski definition) is 7. The number of benzene rings is 2. The first-order valence-electron chi connectivity index (χ1n) is 7.76. The Morgan fingerprint density at radius 2 is 1.74 bits per heavy atom. The van der Waals surface area contributed by atoms with Gasteiger partial charge in [0.15, 0.2) is 11.5 Å². The van der Waals surface area contributed by atoms with Crippen molar-refractivity contribution in [1.82, 2.24) is 10.2 Å². The quantitative estimate of drug-likeness (QED) is 0.467. The summed E-state index contributed by atoms with van der Waals surface area (Å²) in [5.41, 5.74) is 1.18. The van der Waals surface area contributed by atoms with Gasteiger partial charge in [0.05, 0.1) is 21.3 Å². The minimum absolute atomic E-state index is 0.291. The zero-order chi connectivity index (χ0) is 19.4. The summed E-state index contributed by atoms with van der Waals surface area (Å²) in [5, 5.41) is 8.40. The van der Waals surface area contributed by atoms with Crippen LogP contribution in [0.4, 0.5) is 4.39 Å². The number of methoxy groups -OCH3 is 3. The summed E-state index contributed by atoms with van der Waals surface area (Å²) < 4.78 is 36.2. The monoisotopic (exact) mass is 454 g/mol. The van der Waals surface area contributed by atoms with Crippen LogP contribution in [0, 0.1) is 5.82 Å². The van der Waals surface area contributed by atoms with Crippen LogP contribution in [0.1, 0.15) is 5.56 Å². The molecule has 0 bridgehead atoms. The highest BCUT2D eigenvalue weighted by atomic mass is 79.9. The second kappa shape index (κ2) is 8.62. The van der Waals surface area contributed by atoms with Gasteiger partial charge in [0, 0.05) is 15.8 Å². The molecule has 9 heteroatoms. The molecule has 0 aliphatic carbocycles. The fraction of sp³-hybridized carbons (Fsp3) is 0.222. The lowest BCUT2D eigenvalue weighted by atomic mass is 10.2. The number of ether oxygens (including phenoxy) is 3. The molecule has 3 aromatic rings. The highest BCUT2D eigenvalue weighted by Crippen LogP contribution is 2.41. The van der Waals surface area contributed by atoms with E-state index in [9.17, 15) is 4.39 Å². The van der Waals surface area contributed by atoms with Gasteiger partial charge in [-0.2, -0.15) is 0 Å². The van der Waals surface area contributed by atoms with E-state index in [4.69, 9.17) is 18.6 Å². The van der Waals surface area contributed by atoms with Gasteiger partial charge in [-0.1, -0.05) is 33.8 Å². The van der Waals surface area contributed by atoms with Crippen molar-refractivity contribution in [2.75, 3.05) is 21.3 Å². The fourth-order valence-corrected chi connectivity index (χ4v) is 3.45. The van der Waals surface area contributed by atoms with Crippen molar-refractivity contribution in [3.05, 3.63) is 46.2 Å². The van der Waals surface area contributed by atoms with E-state index < -0.39 is 0 Å². The van der Waals surface area contributed by atoms with Crippen LogP contribution < -0.4 is 14.2 Å². The minimum atomic E-state index is -0.291. The lowest BCUT2D eigenvalue weighted by Crippen LogP contribution is -1.95. The molecule has 0 unspecified atom stereocenters. The topological polar surface area (TPSA) is 66.6 Å². The molecular formula is C18H16BrFN2O4S. The Balaban J connectivity index is 1.81. The van der Waals surface area contributed by atoms with Crippen LogP contribution in [-0.2, 0) is 5.75 Å². The summed E-state index contributed by atoms with van der Waals surface area (Å²) in [7, 11) is 4.59. The summed E-state index contributed by atoms with van der Waals surface area (Å²) in [6, 6.07) is 8.36. The Morgan fingerprint density at radius 3 is 2.33 bits per heavy atom. The summed E-state index contributed by atoms with van der Waals surface area (Å²) in [5.74, 6) is 1.82. The zero-order valence-electron chi connectivity index (χ0n) is 14.8. The van der Waals surface area contributed by atoms with Gasteiger partial charge in [-0.05, 0) is 29.8 Å². The van der Waals surface area contributed by atoms with Crippen molar-refractivity contribution in [2.24, 2.45) is 0 Å². The molecule has 0 aliphatic heterocycles. The number of halogens is 2. The van der Waals surface area contributed by atoms with Crippen LogP contribution in [0.2, 0.25) is 0 Å². The third-order valence-electron chi connectivity index (χ3n) is 3.68. The molecule has 0 saturated carbocycles. The van der Waals surface area contributed by atoms with E-state index >= 15 is 0 Å². The Bertz CT molecular complexity index is 926. The standard InChI is InChI=1S/C18H16BrFN2O4S/c1-23-14-6-11(7-15(24-2)16(14)25-3)17-21-22-18(26-17)27-9-10-4-5-12(19)8-13(10)20/h4-8H,9H2,1-3H3. The summed E-state index contributed by atoms with van der Waals surface area (Å²) in [4.78, 5) is 0. The molecule has 0 saturated heterocycles. The first-order valence-corrected chi connectivity index (χ1v) is 9.54. The zero-order valence-corrected chi connectivity index (χ0v) is 17.2. The van der Waals surface area contributed by atoms with Crippen LogP contribution in [0.15, 0.2) is 44.4 Å². The Labute approximate surface area is 168 Å². The molecule has 6 nitrogen and oxygen atoms in total. The molecule has 1 heterocycles. The second-order valence-electron chi connectivity index (χ2n) is 5.31. The molecule has 0 atom stereocenters. The van der Waals surface area contributed by atoms with Gasteiger partial charge in [-0.3, -0.25) is 0 Å². The average molecular weight is 455 g/mol. The highest BCUT2D eigenvalue weighted by molar-refractivity contribution is 9.10. The first-order chi connectivity index (χ1) is 13.0. The lowest BCUT2D eigenvalue weighted by molar-refractivity contribution is 0.324. The van der Waals surface area contributed by atoms with Gasteiger partial charge in [0.1, 0.15) is 5.82 Å². The molecule has 3 rings (SSSR count). The van der Waals surface area contributed by atoms with Gasteiger partial charge in [0.2, 0.25) is 11.6 Å². The van der Waals surface area contributed by atoms with E-state index in [1.807, 2.05) is 0 Å². The molecular weight excluding hydrogens is 439 g/mol. The molecule has 142 valence electrons. The maximum absolute atomic E-state index is 13.9. The van der Waals surface area contributed by atoms with E-state index in [1.165, 1.54) is 39.2 Å². The van der Waals surface area contributed by atoms with Gasteiger partial charge in [0.25, 0.3) is 5.22 Å². The van der Waals surface area contributed by atoms with Crippen molar-refractivity contribution >= 4 is 27.7 Å². The van der Waals surface area contributed by atoms with Crippen LogP contribution in [0.5, 0.6) is 17.2 Å². The van der Waals surface area contributed by atoms with Crippen LogP contribution in [0.25, 0.3) is 11.5 Å². The summed E-state index contributed by atoms with van der Waals surface area (Å²) in [6.07, 6.45) is 0. The van der Waals surface area contributed by atoms with Gasteiger partial charge in [-0.15, -0.1) is 10.2 Å².